The third kappa shape index (κ3) is 3.89. The fraction of sp³-hybridized carbons (Fsp3) is 0.348. The largest absolute Gasteiger partial charge is 0.377 e. The zero-order valence-electron chi connectivity index (χ0n) is 18.3. The van der Waals surface area contributed by atoms with Crippen LogP contribution in [-0.4, -0.2) is 61.4 Å². The Balaban J connectivity index is 1.54. The number of nitrogens with one attached hydrogen (secondary N) is 2. The molecule has 1 saturated heterocycles. The van der Waals surface area contributed by atoms with E-state index in [1.165, 1.54) is 0 Å². The van der Waals surface area contributed by atoms with E-state index in [-0.39, 0.29) is 6.04 Å². The van der Waals surface area contributed by atoms with E-state index in [1.807, 2.05) is 30.5 Å². The van der Waals surface area contributed by atoms with Crippen molar-refractivity contribution in [3.63, 3.8) is 0 Å². The topological polar surface area (TPSA) is 104 Å². The van der Waals surface area contributed by atoms with Gasteiger partial charge < -0.3 is 9.64 Å². The summed E-state index contributed by atoms with van der Waals surface area (Å²) >= 11 is -1.04. The molecule has 0 amide bonds. The molecule has 3 N–H and O–H groups in total. The maximum Gasteiger partial charge on any atom is 0.276 e. The number of H-pyrrole nitrogens is 1. The summed E-state index contributed by atoms with van der Waals surface area (Å²) in [6, 6.07) is 12.6. The normalized spacial score (nSPS) is 19.8. The van der Waals surface area contributed by atoms with Crippen LogP contribution in [-0.2, 0) is 16.1 Å². The number of aromatic nitrogens is 5. The summed E-state index contributed by atoms with van der Waals surface area (Å²) < 4.78 is 21.8. The standard InChI is InChI=1S/C23H26N7O2S/c1-15-14-32-11-10-29(15)22-12-18(17-4-2-3-5-20(17)33(31)28-16-6-7-16)19-13-25-30(23(19)26-22)21-8-9-24-27-21/h2-5,8-9,12-13,15-16,28,31H,6-7,10-11,14H2,1H3,(H,24,27)/q+1/t15-,33?/m1/s1. The molecule has 4 heterocycles. The number of hydrogen-bond donors (Lipinski definition) is 3. The molecule has 6 rings (SSSR count). The van der Waals surface area contributed by atoms with E-state index in [0.717, 1.165) is 58.1 Å². The van der Waals surface area contributed by atoms with Crippen LogP contribution in [0.15, 0.2) is 53.7 Å². The molecule has 1 saturated carbocycles. The van der Waals surface area contributed by atoms with Crippen LogP contribution in [0.3, 0.4) is 0 Å². The van der Waals surface area contributed by atoms with Gasteiger partial charge in [-0.05, 0) is 38.0 Å². The maximum atomic E-state index is 11.0. The number of hydrogen-bond acceptors (Lipinski definition) is 7. The van der Waals surface area contributed by atoms with Crippen molar-refractivity contribution in [2.24, 2.45) is 0 Å². The van der Waals surface area contributed by atoms with Crippen molar-refractivity contribution in [3.8, 4) is 16.9 Å². The zero-order chi connectivity index (χ0) is 22.4. The minimum atomic E-state index is -1.04. The summed E-state index contributed by atoms with van der Waals surface area (Å²) in [5.41, 5.74) is 2.72. The fourth-order valence-corrected chi connectivity index (χ4v) is 5.52. The van der Waals surface area contributed by atoms with E-state index >= 15 is 0 Å². The van der Waals surface area contributed by atoms with E-state index in [4.69, 9.17) is 9.72 Å². The lowest BCUT2D eigenvalue weighted by atomic mass is 10.0. The molecule has 0 bridgehead atoms. The number of ether oxygens (including phenoxy) is 1. The quantitative estimate of drug-likeness (QED) is 0.377. The van der Waals surface area contributed by atoms with Gasteiger partial charge in [-0.1, -0.05) is 16.9 Å². The summed E-state index contributed by atoms with van der Waals surface area (Å²) in [6.07, 6.45) is 5.77. The fourth-order valence-electron chi connectivity index (χ4n) is 4.25. The Labute approximate surface area is 194 Å². The van der Waals surface area contributed by atoms with Gasteiger partial charge in [0.15, 0.2) is 11.5 Å². The lowest BCUT2D eigenvalue weighted by Gasteiger charge is -2.34. The molecule has 2 fully saturated rings. The molecular weight excluding hydrogens is 438 g/mol. The molecule has 9 nitrogen and oxygen atoms in total. The monoisotopic (exact) mass is 464 g/mol. The van der Waals surface area contributed by atoms with Gasteiger partial charge in [-0.15, -0.1) is 0 Å². The first-order valence-corrected chi connectivity index (χ1v) is 12.4. The summed E-state index contributed by atoms with van der Waals surface area (Å²) in [6.45, 7) is 4.25. The number of nitrogens with zero attached hydrogens (tertiary/aromatic N) is 5. The van der Waals surface area contributed by atoms with Gasteiger partial charge in [-0.25, -0.2) is 4.98 Å². The van der Waals surface area contributed by atoms with Crippen LogP contribution in [0.5, 0.6) is 0 Å². The average Bonchev–Trinajstić information content (AvgIpc) is 3.31. The number of benzene rings is 1. The molecule has 0 radical (unpaired) electrons. The highest BCUT2D eigenvalue weighted by Crippen LogP contribution is 2.37. The number of fused-ring (bicyclic) bond motifs is 1. The zero-order valence-corrected chi connectivity index (χ0v) is 19.1. The van der Waals surface area contributed by atoms with Crippen molar-refractivity contribution in [2.45, 2.75) is 36.7 Å². The van der Waals surface area contributed by atoms with Crippen molar-refractivity contribution in [2.75, 3.05) is 24.7 Å². The number of anilines is 1. The van der Waals surface area contributed by atoms with Crippen molar-refractivity contribution >= 4 is 28.2 Å². The minimum absolute atomic E-state index is 0.208. The number of rotatable bonds is 6. The van der Waals surface area contributed by atoms with Crippen molar-refractivity contribution in [3.05, 3.63) is 48.8 Å². The lowest BCUT2D eigenvalue weighted by Crippen LogP contribution is -2.44. The van der Waals surface area contributed by atoms with E-state index < -0.39 is 11.4 Å². The lowest BCUT2D eigenvalue weighted by molar-refractivity contribution is 0.0985. The first-order valence-electron chi connectivity index (χ1n) is 11.2. The molecule has 2 aliphatic rings. The molecule has 3 aromatic heterocycles. The number of morpholine rings is 1. The van der Waals surface area contributed by atoms with Gasteiger partial charge in [0.1, 0.15) is 5.82 Å². The molecule has 1 unspecified atom stereocenters. The predicted molar refractivity (Wildman–Crippen MR) is 128 cm³/mol. The number of aromatic amines is 1. The Bertz CT molecular complexity index is 1270. The van der Waals surface area contributed by atoms with Gasteiger partial charge in [0.2, 0.25) is 4.90 Å². The molecule has 1 aliphatic heterocycles. The first kappa shape index (κ1) is 20.7. The highest BCUT2D eigenvalue weighted by molar-refractivity contribution is 7.89. The first-order chi connectivity index (χ1) is 16.2. The van der Waals surface area contributed by atoms with E-state index in [9.17, 15) is 4.55 Å². The summed E-state index contributed by atoms with van der Waals surface area (Å²) in [5.74, 6) is 1.62. The van der Waals surface area contributed by atoms with Crippen LogP contribution in [0, 0.1) is 0 Å². The average molecular weight is 465 g/mol. The number of pyridine rings is 1. The van der Waals surface area contributed by atoms with Gasteiger partial charge in [0.25, 0.3) is 11.4 Å². The third-order valence-electron chi connectivity index (χ3n) is 6.15. The molecule has 4 aromatic rings. The second-order valence-corrected chi connectivity index (χ2v) is 9.80. The van der Waals surface area contributed by atoms with Crippen LogP contribution >= 0.6 is 0 Å². The molecule has 1 aromatic carbocycles. The highest BCUT2D eigenvalue weighted by Gasteiger charge is 2.35. The Morgan fingerprint density at radius 3 is 2.88 bits per heavy atom. The van der Waals surface area contributed by atoms with Gasteiger partial charge in [0, 0.05) is 29.1 Å². The Morgan fingerprint density at radius 1 is 1.21 bits per heavy atom. The second kappa shape index (κ2) is 8.45. The molecule has 10 heteroatoms. The predicted octanol–water partition coefficient (Wildman–Crippen LogP) is 3.15. The van der Waals surface area contributed by atoms with Gasteiger partial charge in [0.05, 0.1) is 37.7 Å². The molecular formula is C23H26N7O2S+. The second-order valence-electron chi connectivity index (χ2n) is 8.55. The Hall–Kier alpha value is -2.92. The van der Waals surface area contributed by atoms with Gasteiger partial charge in [-0.3, -0.25) is 5.10 Å². The summed E-state index contributed by atoms with van der Waals surface area (Å²) in [7, 11) is 0. The van der Waals surface area contributed by atoms with Crippen LogP contribution in [0.1, 0.15) is 19.8 Å². The van der Waals surface area contributed by atoms with Crippen LogP contribution in [0.4, 0.5) is 5.82 Å². The molecule has 1 aliphatic carbocycles. The molecule has 33 heavy (non-hydrogen) atoms. The molecule has 0 spiro atoms. The maximum absolute atomic E-state index is 11.0. The van der Waals surface area contributed by atoms with Crippen LogP contribution < -0.4 is 9.62 Å². The van der Waals surface area contributed by atoms with Crippen LogP contribution in [0.25, 0.3) is 28.0 Å². The minimum Gasteiger partial charge on any atom is -0.377 e. The Kier molecular flexibility index (Phi) is 5.30. The van der Waals surface area contributed by atoms with Crippen molar-refractivity contribution in [1.29, 1.82) is 0 Å². The van der Waals surface area contributed by atoms with Crippen LogP contribution in [0.2, 0.25) is 0 Å². The SMILES string of the molecule is C[C@@H]1COCCN1c1cc(-c2ccccc2[S+](O)NC2CC2)c2cnn(-c3ccn[nH]3)c2n1. The summed E-state index contributed by atoms with van der Waals surface area (Å²) in [5, 5.41) is 12.6. The smallest absolute Gasteiger partial charge is 0.276 e. The summed E-state index contributed by atoms with van der Waals surface area (Å²) in [4.78, 5) is 8.19. The van der Waals surface area contributed by atoms with E-state index in [1.54, 1.807) is 10.9 Å². The van der Waals surface area contributed by atoms with E-state index in [2.05, 4.69) is 44.0 Å². The third-order valence-corrected chi connectivity index (χ3v) is 7.47. The molecule has 170 valence electrons. The van der Waals surface area contributed by atoms with Crippen molar-refractivity contribution in [1.82, 2.24) is 29.7 Å². The van der Waals surface area contributed by atoms with Crippen molar-refractivity contribution < 1.29 is 9.29 Å². The highest BCUT2D eigenvalue weighted by atomic mass is 32.2. The Morgan fingerprint density at radius 2 is 2.09 bits per heavy atom. The van der Waals surface area contributed by atoms with Gasteiger partial charge in [-0.2, -0.15) is 19.4 Å². The van der Waals surface area contributed by atoms with Gasteiger partial charge >= 0.3 is 0 Å². The van der Waals surface area contributed by atoms with E-state index in [0.29, 0.717) is 19.3 Å². The molecule has 2 atom stereocenters.